The molecule has 6 heteroatoms. The fourth-order valence-corrected chi connectivity index (χ4v) is 3.85. The van der Waals surface area contributed by atoms with Crippen LogP contribution in [0, 0.1) is 12.8 Å². The zero-order valence-electron chi connectivity index (χ0n) is 15.9. The average Bonchev–Trinajstić information content (AvgIpc) is 3.23. The van der Waals surface area contributed by atoms with E-state index >= 15 is 0 Å². The summed E-state index contributed by atoms with van der Waals surface area (Å²) >= 11 is 0. The van der Waals surface area contributed by atoms with E-state index in [0.717, 1.165) is 44.3 Å². The molecule has 0 saturated carbocycles. The number of nitrogens with zero attached hydrogens (tertiary/aromatic N) is 2. The van der Waals surface area contributed by atoms with Crippen LogP contribution in [0.15, 0.2) is 30.9 Å². The van der Waals surface area contributed by atoms with Crippen molar-refractivity contribution in [2.24, 2.45) is 5.92 Å². The van der Waals surface area contributed by atoms with Crippen molar-refractivity contribution in [3.05, 3.63) is 42.0 Å². The highest BCUT2D eigenvalue weighted by Gasteiger charge is 2.28. The first kappa shape index (κ1) is 19.1. The summed E-state index contributed by atoms with van der Waals surface area (Å²) in [7, 11) is 0. The van der Waals surface area contributed by atoms with Crippen LogP contribution >= 0.6 is 0 Å². The number of piperidine rings is 1. The standard InChI is InChI=1S/C21H27N3O3/c1-3-19(25)24-13-7-8-16(14-24)20(26)22-18-10-6-9-17(15(18)2)21(27)23-11-4-5-12-23/h3,6,9-10,16H,1,4-5,7-8,11-14H2,2H3,(H,22,26). The van der Waals surface area contributed by atoms with Crippen LogP contribution in [0.3, 0.4) is 0 Å². The van der Waals surface area contributed by atoms with Crippen molar-refractivity contribution in [1.29, 1.82) is 0 Å². The number of hydrogen-bond donors (Lipinski definition) is 1. The molecule has 2 aliphatic rings. The van der Waals surface area contributed by atoms with Crippen molar-refractivity contribution in [2.75, 3.05) is 31.5 Å². The average molecular weight is 369 g/mol. The molecule has 144 valence electrons. The van der Waals surface area contributed by atoms with Gasteiger partial charge in [0.05, 0.1) is 5.92 Å². The molecule has 1 atom stereocenters. The van der Waals surface area contributed by atoms with Crippen LogP contribution in [0.2, 0.25) is 0 Å². The first-order chi connectivity index (χ1) is 13.0. The van der Waals surface area contributed by atoms with Gasteiger partial charge in [0, 0.05) is 37.4 Å². The Morgan fingerprint density at radius 1 is 1.11 bits per heavy atom. The summed E-state index contributed by atoms with van der Waals surface area (Å²) < 4.78 is 0. The number of amides is 3. The fourth-order valence-electron chi connectivity index (χ4n) is 3.85. The van der Waals surface area contributed by atoms with Crippen LogP contribution in [0.25, 0.3) is 0 Å². The van der Waals surface area contributed by atoms with Crippen molar-refractivity contribution in [1.82, 2.24) is 9.80 Å². The van der Waals surface area contributed by atoms with Gasteiger partial charge in [-0.15, -0.1) is 0 Å². The van der Waals surface area contributed by atoms with Crippen molar-refractivity contribution >= 4 is 23.4 Å². The summed E-state index contributed by atoms with van der Waals surface area (Å²) in [6, 6.07) is 5.44. The molecule has 2 saturated heterocycles. The minimum absolute atomic E-state index is 0.0292. The number of hydrogen-bond acceptors (Lipinski definition) is 3. The third kappa shape index (κ3) is 4.21. The van der Waals surface area contributed by atoms with E-state index in [-0.39, 0.29) is 23.6 Å². The molecule has 3 rings (SSSR count). The van der Waals surface area contributed by atoms with Gasteiger partial charge in [-0.05, 0) is 56.4 Å². The lowest BCUT2D eigenvalue weighted by Gasteiger charge is -2.31. The van der Waals surface area contributed by atoms with E-state index in [1.54, 1.807) is 11.0 Å². The van der Waals surface area contributed by atoms with E-state index in [2.05, 4.69) is 11.9 Å². The monoisotopic (exact) mass is 369 g/mol. The van der Waals surface area contributed by atoms with E-state index in [0.29, 0.717) is 24.3 Å². The molecular weight excluding hydrogens is 342 g/mol. The summed E-state index contributed by atoms with van der Waals surface area (Å²) in [6.45, 7) is 8.04. The van der Waals surface area contributed by atoms with Gasteiger partial charge in [-0.3, -0.25) is 14.4 Å². The first-order valence-electron chi connectivity index (χ1n) is 9.62. The Bertz CT molecular complexity index is 753. The molecule has 0 aromatic heterocycles. The van der Waals surface area contributed by atoms with Crippen molar-refractivity contribution in [3.8, 4) is 0 Å². The van der Waals surface area contributed by atoms with Crippen molar-refractivity contribution in [2.45, 2.75) is 32.6 Å². The molecule has 2 heterocycles. The SMILES string of the molecule is C=CC(=O)N1CCCC(C(=O)Nc2cccc(C(=O)N3CCCC3)c2C)C1. The van der Waals surface area contributed by atoms with Gasteiger partial charge in [0.1, 0.15) is 0 Å². The summed E-state index contributed by atoms with van der Waals surface area (Å²) in [5.41, 5.74) is 2.09. The minimum atomic E-state index is -0.250. The molecule has 1 N–H and O–H groups in total. The zero-order chi connectivity index (χ0) is 19.4. The second-order valence-electron chi connectivity index (χ2n) is 7.29. The van der Waals surface area contributed by atoms with Crippen molar-refractivity contribution in [3.63, 3.8) is 0 Å². The molecule has 0 aliphatic carbocycles. The second kappa shape index (κ2) is 8.37. The highest BCUT2D eigenvalue weighted by molar-refractivity contribution is 6.00. The molecule has 1 aromatic carbocycles. The minimum Gasteiger partial charge on any atom is -0.339 e. The van der Waals surface area contributed by atoms with E-state index in [4.69, 9.17) is 0 Å². The lowest BCUT2D eigenvalue weighted by molar-refractivity contribution is -0.130. The van der Waals surface area contributed by atoms with Gasteiger partial charge < -0.3 is 15.1 Å². The normalized spacial score (nSPS) is 19.7. The van der Waals surface area contributed by atoms with E-state index < -0.39 is 0 Å². The van der Waals surface area contributed by atoms with Crippen LogP contribution in [-0.2, 0) is 9.59 Å². The quantitative estimate of drug-likeness (QED) is 0.830. The molecule has 3 amide bonds. The van der Waals surface area contributed by atoms with Gasteiger partial charge in [0.25, 0.3) is 5.91 Å². The maximum Gasteiger partial charge on any atom is 0.254 e. The molecule has 2 aliphatic heterocycles. The Morgan fingerprint density at radius 2 is 1.81 bits per heavy atom. The maximum atomic E-state index is 12.7. The summed E-state index contributed by atoms with van der Waals surface area (Å²) in [5.74, 6) is -0.464. The topological polar surface area (TPSA) is 69.7 Å². The predicted octanol–water partition coefficient (Wildman–Crippen LogP) is 2.59. The van der Waals surface area contributed by atoms with E-state index in [9.17, 15) is 14.4 Å². The van der Waals surface area contributed by atoms with E-state index in [1.165, 1.54) is 6.08 Å². The molecule has 1 unspecified atom stereocenters. The Kier molecular flexibility index (Phi) is 5.94. The Labute approximate surface area is 160 Å². The van der Waals surface area contributed by atoms with Gasteiger partial charge in [0.2, 0.25) is 11.8 Å². The Balaban J connectivity index is 1.70. The third-order valence-corrected chi connectivity index (χ3v) is 5.49. The number of carbonyl (C=O) groups excluding carboxylic acids is 3. The summed E-state index contributed by atoms with van der Waals surface area (Å²) in [5, 5.41) is 2.97. The number of nitrogens with one attached hydrogen (secondary N) is 1. The van der Waals surface area contributed by atoms with Crippen LogP contribution in [0.1, 0.15) is 41.6 Å². The van der Waals surface area contributed by atoms with Gasteiger partial charge in [-0.2, -0.15) is 0 Å². The van der Waals surface area contributed by atoms with Gasteiger partial charge in [-0.25, -0.2) is 0 Å². The summed E-state index contributed by atoms with van der Waals surface area (Å²) in [4.78, 5) is 40.8. The maximum absolute atomic E-state index is 12.7. The Morgan fingerprint density at radius 3 is 2.52 bits per heavy atom. The second-order valence-corrected chi connectivity index (χ2v) is 7.29. The summed E-state index contributed by atoms with van der Waals surface area (Å²) in [6.07, 6.45) is 4.92. The number of carbonyl (C=O) groups is 3. The number of rotatable bonds is 4. The zero-order valence-corrected chi connectivity index (χ0v) is 15.9. The van der Waals surface area contributed by atoms with Gasteiger partial charge in [0.15, 0.2) is 0 Å². The smallest absolute Gasteiger partial charge is 0.254 e. The lowest BCUT2D eigenvalue weighted by Crippen LogP contribution is -2.43. The molecule has 27 heavy (non-hydrogen) atoms. The van der Waals surface area contributed by atoms with Crippen LogP contribution in [0.5, 0.6) is 0 Å². The largest absolute Gasteiger partial charge is 0.339 e. The van der Waals surface area contributed by atoms with Crippen LogP contribution in [0.4, 0.5) is 5.69 Å². The molecule has 0 bridgehead atoms. The molecule has 2 fully saturated rings. The fraction of sp³-hybridized carbons (Fsp3) is 0.476. The molecule has 0 spiro atoms. The number of likely N-dealkylation sites (tertiary alicyclic amines) is 2. The number of benzene rings is 1. The molecule has 6 nitrogen and oxygen atoms in total. The lowest BCUT2D eigenvalue weighted by atomic mass is 9.96. The van der Waals surface area contributed by atoms with Gasteiger partial charge in [-0.1, -0.05) is 12.6 Å². The number of anilines is 1. The van der Waals surface area contributed by atoms with E-state index in [1.807, 2.05) is 24.0 Å². The molecular formula is C21H27N3O3. The van der Waals surface area contributed by atoms with Gasteiger partial charge >= 0.3 is 0 Å². The first-order valence-corrected chi connectivity index (χ1v) is 9.62. The van der Waals surface area contributed by atoms with Crippen molar-refractivity contribution < 1.29 is 14.4 Å². The van der Waals surface area contributed by atoms with Crippen LogP contribution < -0.4 is 5.32 Å². The highest BCUT2D eigenvalue weighted by atomic mass is 16.2. The molecule has 0 radical (unpaired) electrons. The highest BCUT2D eigenvalue weighted by Crippen LogP contribution is 2.24. The predicted molar refractivity (Wildman–Crippen MR) is 104 cm³/mol. The Hall–Kier alpha value is -2.63. The third-order valence-electron chi connectivity index (χ3n) is 5.49. The van der Waals surface area contributed by atoms with Crippen LogP contribution in [-0.4, -0.2) is 53.7 Å². The molecule has 1 aromatic rings.